The van der Waals surface area contributed by atoms with Crippen molar-refractivity contribution in [1.82, 2.24) is 9.80 Å². The second-order valence-electron chi connectivity index (χ2n) is 9.71. The molecule has 3 aromatic rings. The minimum Gasteiger partial charge on any atom is -1.00 e. The molecule has 1 unspecified atom stereocenters. The van der Waals surface area contributed by atoms with Gasteiger partial charge in [-0.05, 0) is 62.4 Å². The molecule has 1 aliphatic heterocycles. The van der Waals surface area contributed by atoms with Gasteiger partial charge in [0.25, 0.3) is 0 Å². The summed E-state index contributed by atoms with van der Waals surface area (Å²) in [5.41, 5.74) is 4.37. The molecule has 0 saturated heterocycles. The largest absolute Gasteiger partial charge is 2.00 e. The Morgan fingerprint density at radius 3 is 1.86 bits per heavy atom. The topological polar surface area (TPSA) is 26.7 Å². The van der Waals surface area contributed by atoms with Crippen LogP contribution in [0.4, 0.5) is 0 Å². The second-order valence-corrected chi connectivity index (χ2v) is 9.71. The van der Waals surface area contributed by atoms with Crippen LogP contribution in [0, 0.1) is 12.0 Å². The first-order chi connectivity index (χ1) is 16.1. The van der Waals surface area contributed by atoms with Gasteiger partial charge in [-0.25, -0.2) is 0 Å². The van der Waals surface area contributed by atoms with E-state index in [4.69, 9.17) is 0 Å². The number of nitrogens with zero attached hydrogens (tertiary/aromatic N) is 2. The molecular weight excluding hydrogens is 464 g/mol. The molecule has 1 aliphatic carbocycles. The van der Waals surface area contributed by atoms with E-state index in [9.17, 15) is 5.11 Å². The van der Waals surface area contributed by atoms with E-state index in [-0.39, 0.29) is 47.1 Å². The Morgan fingerprint density at radius 1 is 0.886 bits per heavy atom. The van der Waals surface area contributed by atoms with Crippen LogP contribution in [0.1, 0.15) is 42.4 Å². The number of β-amino-alcohol motifs (C(OH)–C–C–N with tert-alkyl or cyclic N) is 1. The van der Waals surface area contributed by atoms with Gasteiger partial charge >= 0.3 is 23.1 Å². The molecule has 0 amide bonds. The number of aliphatic hydroxyl groups excluding tert-OH is 1. The van der Waals surface area contributed by atoms with Crippen molar-refractivity contribution < 1.29 is 17.5 Å². The van der Waals surface area contributed by atoms with Crippen molar-refractivity contribution in [2.75, 3.05) is 20.6 Å². The fourth-order valence-electron chi connectivity index (χ4n) is 5.53. The summed E-state index contributed by atoms with van der Waals surface area (Å²) in [6.07, 6.45) is 4.19. The minimum atomic E-state index is -0.227. The smallest absolute Gasteiger partial charge is 1.00 e. The summed E-state index contributed by atoms with van der Waals surface area (Å²) in [5, 5.41) is 10.9. The summed E-state index contributed by atoms with van der Waals surface area (Å²) in [6.45, 7) is 2.75. The maximum Gasteiger partial charge on any atom is 2.00 e. The molecule has 0 aromatic heterocycles. The number of halogens is 1. The third-order valence-electron chi connectivity index (χ3n) is 7.53. The molecule has 182 valence electrons. The normalized spacial score (nSPS) is 22.1. The first kappa shape index (κ1) is 29.8. The SMILES string of the molecule is CN(C)C1(c2ccccc2)CCC(C(O)CN2Cc3ccccc3C2)CC1.[Cl-].[Mg+2].[c-]1ccccc1. The van der Waals surface area contributed by atoms with E-state index in [0.717, 1.165) is 45.3 Å². The van der Waals surface area contributed by atoms with Crippen molar-refractivity contribution >= 4 is 23.1 Å². The van der Waals surface area contributed by atoms with Crippen LogP contribution in [0.3, 0.4) is 0 Å². The van der Waals surface area contributed by atoms with E-state index >= 15 is 0 Å². The number of benzene rings is 3. The monoisotopic (exact) mass is 500 g/mol. The first-order valence-electron chi connectivity index (χ1n) is 12.2. The van der Waals surface area contributed by atoms with Crippen LogP contribution in [0.2, 0.25) is 0 Å². The molecule has 2 aliphatic rings. The summed E-state index contributed by atoms with van der Waals surface area (Å²) < 4.78 is 0. The Morgan fingerprint density at radius 2 is 1.40 bits per heavy atom. The van der Waals surface area contributed by atoms with Crippen molar-refractivity contribution in [1.29, 1.82) is 0 Å². The fourth-order valence-corrected chi connectivity index (χ4v) is 5.53. The van der Waals surface area contributed by atoms with Crippen LogP contribution in [0.25, 0.3) is 0 Å². The van der Waals surface area contributed by atoms with Crippen LogP contribution < -0.4 is 12.4 Å². The predicted molar refractivity (Wildman–Crippen MR) is 141 cm³/mol. The van der Waals surface area contributed by atoms with Gasteiger partial charge in [-0.2, -0.15) is 36.4 Å². The Balaban J connectivity index is 0.000000475. The average Bonchev–Trinajstić information content (AvgIpc) is 3.28. The third-order valence-corrected chi connectivity index (χ3v) is 7.53. The molecule has 0 spiro atoms. The molecule has 5 rings (SSSR count). The van der Waals surface area contributed by atoms with Crippen LogP contribution in [-0.4, -0.2) is 64.7 Å². The maximum atomic E-state index is 10.9. The number of rotatable bonds is 5. The molecule has 1 fully saturated rings. The third kappa shape index (κ3) is 7.54. The van der Waals surface area contributed by atoms with Gasteiger partial charge in [0, 0.05) is 25.2 Å². The van der Waals surface area contributed by atoms with E-state index in [0.29, 0.717) is 5.92 Å². The van der Waals surface area contributed by atoms with Gasteiger partial charge in [-0.1, -0.05) is 54.6 Å². The number of fused-ring (bicyclic) bond motifs is 1. The molecule has 5 heteroatoms. The van der Waals surface area contributed by atoms with E-state index in [1.807, 2.05) is 30.3 Å². The summed E-state index contributed by atoms with van der Waals surface area (Å²) in [7, 11) is 4.40. The quantitative estimate of drug-likeness (QED) is 0.429. The van der Waals surface area contributed by atoms with Crippen LogP contribution >= 0.6 is 0 Å². The van der Waals surface area contributed by atoms with Crippen LogP contribution in [-0.2, 0) is 18.6 Å². The molecule has 1 saturated carbocycles. The van der Waals surface area contributed by atoms with Crippen LogP contribution in [0.5, 0.6) is 0 Å². The molecule has 1 atom stereocenters. The Kier molecular flexibility index (Phi) is 12.2. The zero-order chi connectivity index (χ0) is 23.1. The molecule has 0 bridgehead atoms. The Bertz CT molecular complexity index is 926. The van der Waals surface area contributed by atoms with Crippen molar-refractivity contribution in [3.8, 4) is 0 Å². The maximum absolute atomic E-state index is 10.9. The van der Waals surface area contributed by atoms with Gasteiger partial charge in [-0.3, -0.25) is 9.80 Å². The van der Waals surface area contributed by atoms with Gasteiger partial charge in [0.15, 0.2) is 0 Å². The molecule has 1 heterocycles. The van der Waals surface area contributed by atoms with Gasteiger partial charge in [0.2, 0.25) is 0 Å². The van der Waals surface area contributed by atoms with Gasteiger partial charge < -0.3 is 17.5 Å². The van der Waals surface area contributed by atoms with Crippen molar-refractivity contribution in [2.24, 2.45) is 5.92 Å². The predicted octanol–water partition coefficient (Wildman–Crippen LogP) is 2.12. The van der Waals surface area contributed by atoms with Crippen LogP contribution in [0.15, 0.2) is 84.9 Å². The van der Waals surface area contributed by atoms with Crippen molar-refractivity contribution in [3.05, 3.63) is 108 Å². The number of hydrogen-bond donors (Lipinski definition) is 1. The standard InChI is InChI=1S/C24H32N2O.C6H5.ClH.Mg/c1-25(2)24(22-10-4-3-5-11-22)14-12-19(13-15-24)23(27)18-26-16-20-8-6-7-9-21(20)17-26;1-2-4-6-5-3-1;;/h3-11,19,23,27H,12-18H2,1-2H3;1-5H;1H;/q;-1;;+2/p-1. The molecule has 0 radical (unpaired) electrons. The Hall–Kier alpha value is -1.40. The Labute approximate surface area is 234 Å². The van der Waals surface area contributed by atoms with E-state index in [1.54, 1.807) is 0 Å². The number of hydrogen-bond acceptors (Lipinski definition) is 3. The van der Waals surface area contributed by atoms with Crippen molar-refractivity contribution in [2.45, 2.75) is 50.4 Å². The summed E-state index contributed by atoms with van der Waals surface area (Å²) in [5.74, 6) is 0.408. The second kappa shape index (κ2) is 14.4. The van der Waals surface area contributed by atoms with Gasteiger partial charge in [0.05, 0.1) is 6.10 Å². The fraction of sp³-hybridized carbons (Fsp3) is 0.400. The minimum absolute atomic E-state index is 0. The van der Waals surface area contributed by atoms with Gasteiger partial charge in [0.1, 0.15) is 0 Å². The summed E-state index contributed by atoms with van der Waals surface area (Å²) >= 11 is 0. The first-order valence-corrected chi connectivity index (χ1v) is 12.2. The number of aliphatic hydroxyl groups is 1. The molecule has 3 aromatic carbocycles. The molecular formula is C30H37ClMgN2O. The molecule has 3 nitrogen and oxygen atoms in total. The van der Waals surface area contributed by atoms with E-state index < -0.39 is 0 Å². The summed E-state index contributed by atoms with van der Waals surface area (Å²) in [4.78, 5) is 4.79. The molecule has 35 heavy (non-hydrogen) atoms. The zero-order valence-electron chi connectivity index (χ0n) is 21.1. The average molecular weight is 501 g/mol. The zero-order valence-corrected chi connectivity index (χ0v) is 23.3. The summed E-state index contributed by atoms with van der Waals surface area (Å²) in [6, 6.07) is 32.1. The van der Waals surface area contributed by atoms with Crippen molar-refractivity contribution in [3.63, 3.8) is 0 Å². The van der Waals surface area contributed by atoms with E-state index in [2.05, 4.69) is 84.6 Å². The van der Waals surface area contributed by atoms with E-state index in [1.165, 1.54) is 16.7 Å². The molecule has 1 N–H and O–H groups in total. The van der Waals surface area contributed by atoms with Gasteiger partial charge in [-0.15, -0.1) is 0 Å².